The van der Waals surface area contributed by atoms with Gasteiger partial charge in [-0.05, 0) is 62.7 Å². The molecule has 0 bridgehead atoms. The van der Waals surface area contributed by atoms with Crippen molar-refractivity contribution >= 4 is 33.9 Å². The zero-order valence-corrected chi connectivity index (χ0v) is 20.9. The first-order valence-electron chi connectivity index (χ1n) is 11.0. The number of carbonyl (C=O) groups excluding carboxylic acids is 2. The molecular formula is C26H26N2O6S. The van der Waals surface area contributed by atoms with Gasteiger partial charge in [0.1, 0.15) is 11.5 Å². The molecule has 1 saturated heterocycles. The second-order valence-electron chi connectivity index (χ2n) is 7.88. The minimum atomic E-state index is -0.911. The number of ether oxygens (including phenoxy) is 3. The molecule has 2 aromatic carbocycles. The summed E-state index contributed by atoms with van der Waals surface area (Å²) in [6, 6.07) is 10.9. The Morgan fingerprint density at radius 2 is 1.74 bits per heavy atom. The van der Waals surface area contributed by atoms with Crippen LogP contribution in [0.2, 0.25) is 0 Å². The number of ketones is 1. The molecule has 1 fully saturated rings. The molecule has 0 saturated carbocycles. The highest BCUT2D eigenvalue weighted by Crippen LogP contribution is 2.45. The van der Waals surface area contributed by atoms with Crippen LogP contribution in [0.25, 0.3) is 5.76 Å². The molecule has 35 heavy (non-hydrogen) atoms. The van der Waals surface area contributed by atoms with Gasteiger partial charge in [-0.1, -0.05) is 6.07 Å². The van der Waals surface area contributed by atoms with E-state index in [-0.39, 0.29) is 11.3 Å². The van der Waals surface area contributed by atoms with Gasteiger partial charge in [-0.15, -0.1) is 11.3 Å². The highest BCUT2D eigenvalue weighted by molar-refractivity contribution is 7.16. The smallest absolute Gasteiger partial charge is 0.301 e. The Labute approximate surface area is 207 Å². The summed E-state index contributed by atoms with van der Waals surface area (Å²) in [6.45, 7) is 6.12. The van der Waals surface area contributed by atoms with E-state index in [4.69, 9.17) is 14.2 Å². The van der Waals surface area contributed by atoms with E-state index in [2.05, 4.69) is 4.98 Å². The van der Waals surface area contributed by atoms with E-state index < -0.39 is 17.7 Å². The Balaban J connectivity index is 1.92. The fourth-order valence-corrected chi connectivity index (χ4v) is 4.89. The number of carbonyl (C=O) groups is 2. The molecule has 1 N–H and O–H groups in total. The number of hydrogen-bond donors (Lipinski definition) is 1. The molecule has 1 atom stereocenters. The number of Topliss-reactive ketones (excluding diaryl/α,β-unsaturated/α-hetero) is 1. The fraction of sp³-hybridized carbons (Fsp3) is 0.269. The van der Waals surface area contributed by atoms with Crippen molar-refractivity contribution in [1.82, 2.24) is 4.98 Å². The van der Waals surface area contributed by atoms with Gasteiger partial charge in [0.05, 0.1) is 38.1 Å². The van der Waals surface area contributed by atoms with Crippen LogP contribution in [0.1, 0.15) is 34.7 Å². The maximum absolute atomic E-state index is 13.3. The predicted octanol–water partition coefficient (Wildman–Crippen LogP) is 4.80. The van der Waals surface area contributed by atoms with Gasteiger partial charge >= 0.3 is 5.91 Å². The number of rotatable bonds is 7. The van der Waals surface area contributed by atoms with Crippen molar-refractivity contribution in [3.05, 3.63) is 69.7 Å². The lowest BCUT2D eigenvalue weighted by Crippen LogP contribution is -2.29. The van der Waals surface area contributed by atoms with E-state index in [9.17, 15) is 14.7 Å². The second kappa shape index (κ2) is 9.79. The Bertz CT molecular complexity index is 1290. The van der Waals surface area contributed by atoms with Crippen molar-refractivity contribution < 1.29 is 28.9 Å². The second-order valence-corrected chi connectivity index (χ2v) is 9.06. The third-order valence-corrected chi connectivity index (χ3v) is 6.90. The lowest BCUT2D eigenvalue weighted by molar-refractivity contribution is -0.132. The standard InChI is InChI=1S/C26H26N2O6S/c1-6-34-18-10-7-16(8-11-18)23(29)21-22(17-9-12-19(32-4)20(13-17)33-5)28(25(31)24(21)30)26-27-14(2)15(3)35-26/h7-13,22,29H,6H2,1-5H3/b23-21+/t22-/m1/s1. The molecule has 9 heteroatoms. The van der Waals surface area contributed by atoms with E-state index in [0.29, 0.717) is 40.1 Å². The maximum atomic E-state index is 13.3. The Kier molecular flexibility index (Phi) is 6.79. The lowest BCUT2D eigenvalue weighted by Gasteiger charge is -2.23. The molecule has 0 aliphatic carbocycles. The number of benzene rings is 2. The van der Waals surface area contributed by atoms with Crippen molar-refractivity contribution in [3.63, 3.8) is 0 Å². The van der Waals surface area contributed by atoms with Gasteiger partial charge in [0.25, 0.3) is 5.78 Å². The third kappa shape index (κ3) is 4.35. The predicted molar refractivity (Wildman–Crippen MR) is 134 cm³/mol. The molecule has 2 heterocycles. The molecule has 4 rings (SSSR count). The van der Waals surface area contributed by atoms with Crippen LogP contribution in [-0.2, 0) is 9.59 Å². The Morgan fingerprint density at radius 1 is 1.06 bits per heavy atom. The first-order chi connectivity index (χ1) is 16.8. The number of aliphatic hydroxyl groups excluding tert-OH is 1. The number of aryl methyl sites for hydroxylation is 2. The summed E-state index contributed by atoms with van der Waals surface area (Å²) >= 11 is 1.32. The number of aliphatic hydroxyl groups is 1. The zero-order valence-electron chi connectivity index (χ0n) is 20.1. The number of thiazole rings is 1. The van der Waals surface area contributed by atoms with Gasteiger partial charge in [0, 0.05) is 10.4 Å². The van der Waals surface area contributed by atoms with Gasteiger partial charge in [-0.3, -0.25) is 14.5 Å². The van der Waals surface area contributed by atoms with Crippen LogP contribution < -0.4 is 19.1 Å². The van der Waals surface area contributed by atoms with Crippen molar-refractivity contribution in [1.29, 1.82) is 0 Å². The Hall–Kier alpha value is -3.85. The van der Waals surface area contributed by atoms with Crippen molar-refractivity contribution in [3.8, 4) is 17.2 Å². The molecule has 8 nitrogen and oxygen atoms in total. The van der Waals surface area contributed by atoms with Crippen molar-refractivity contribution in [2.45, 2.75) is 26.8 Å². The minimum absolute atomic E-state index is 0.0307. The molecule has 1 amide bonds. The van der Waals surface area contributed by atoms with Crippen LogP contribution in [0.15, 0.2) is 48.0 Å². The van der Waals surface area contributed by atoms with Gasteiger partial charge in [0.15, 0.2) is 16.6 Å². The van der Waals surface area contributed by atoms with Gasteiger partial charge in [0.2, 0.25) is 0 Å². The zero-order chi connectivity index (χ0) is 25.3. The van der Waals surface area contributed by atoms with Crippen LogP contribution in [0, 0.1) is 13.8 Å². The van der Waals surface area contributed by atoms with Crippen LogP contribution in [-0.4, -0.2) is 42.6 Å². The molecule has 0 spiro atoms. The number of methoxy groups -OCH3 is 2. The normalized spacial score (nSPS) is 17.1. The Morgan fingerprint density at radius 3 is 2.31 bits per heavy atom. The third-order valence-electron chi connectivity index (χ3n) is 5.83. The highest BCUT2D eigenvalue weighted by atomic mass is 32.1. The average molecular weight is 495 g/mol. The van der Waals surface area contributed by atoms with E-state index in [1.165, 1.54) is 30.5 Å². The van der Waals surface area contributed by atoms with Crippen LogP contribution in [0.4, 0.5) is 5.13 Å². The van der Waals surface area contributed by atoms with E-state index in [1.54, 1.807) is 42.5 Å². The van der Waals surface area contributed by atoms with Crippen molar-refractivity contribution in [2.24, 2.45) is 0 Å². The summed E-state index contributed by atoms with van der Waals surface area (Å²) < 4.78 is 16.3. The summed E-state index contributed by atoms with van der Waals surface area (Å²) in [4.78, 5) is 33.4. The molecule has 0 radical (unpaired) electrons. The molecule has 0 unspecified atom stereocenters. The largest absolute Gasteiger partial charge is 0.507 e. The topological polar surface area (TPSA) is 98.2 Å². The number of nitrogens with zero attached hydrogens (tertiary/aromatic N) is 2. The number of aromatic nitrogens is 1. The van der Waals surface area contributed by atoms with E-state index in [0.717, 1.165) is 10.6 Å². The highest BCUT2D eigenvalue weighted by Gasteiger charge is 2.48. The first kappa shape index (κ1) is 24.3. The SMILES string of the molecule is CCOc1ccc(/C(O)=C2\C(=O)C(=O)N(c3nc(C)c(C)s3)[C@@H]2c2ccc(OC)c(OC)c2)cc1. The van der Waals surface area contributed by atoms with Gasteiger partial charge in [-0.25, -0.2) is 4.98 Å². The van der Waals surface area contributed by atoms with Crippen LogP contribution >= 0.6 is 11.3 Å². The number of amides is 1. The molecule has 1 aliphatic rings. The lowest BCUT2D eigenvalue weighted by atomic mass is 9.95. The number of anilines is 1. The fourth-order valence-electron chi connectivity index (χ4n) is 3.96. The summed E-state index contributed by atoms with van der Waals surface area (Å²) in [6.07, 6.45) is 0. The summed E-state index contributed by atoms with van der Waals surface area (Å²) in [5, 5.41) is 11.7. The summed E-state index contributed by atoms with van der Waals surface area (Å²) in [7, 11) is 3.03. The van der Waals surface area contributed by atoms with Crippen LogP contribution in [0.5, 0.6) is 17.2 Å². The van der Waals surface area contributed by atoms with Gasteiger partial charge in [-0.2, -0.15) is 0 Å². The number of hydrogen-bond acceptors (Lipinski definition) is 8. The molecule has 3 aromatic rings. The minimum Gasteiger partial charge on any atom is -0.507 e. The van der Waals surface area contributed by atoms with Crippen molar-refractivity contribution in [2.75, 3.05) is 25.7 Å². The quantitative estimate of drug-likeness (QED) is 0.286. The van der Waals surface area contributed by atoms with E-state index >= 15 is 0 Å². The molecular weight excluding hydrogens is 468 g/mol. The summed E-state index contributed by atoms with van der Waals surface area (Å²) in [5.41, 5.74) is 1.70. The van der Waals surface area contributed by atoms with E-state index in [1.807, 2.05) is 20.8 Å². The monoisotopic (exact) mass is 494 g/mol. The molecule has 182 valence electrons. The summed E-state index contributed by atoms with van der Waals surface area (Å²) in [5.74, 6) is -0.259. The van der Waals surface area contributed by atoms with Crippen LogP contribution in [0.3, 0.4) is 0 Å². The molecule has 1 aromatic heterocycles. The average Bonchev–Trinajstić information content (AvgIpc) is 3.33. The van der Waals surface area contributed by atoms with Gasteiger partial charge < -0.3 is 19.3 Å². The first-order valence-corrected chi connectivity index (χ1v) is 11.8. The maximum Gasteiger partial charge on any atom is 0.301 e. The molecule has 1 aliphatic heterocycles.